The number of hydrogen-bond acceptors (Lipinski definition) is 3. The fourth-order valence-electron chi connectivity index (χ4n) is 2.94. The summed E-state index contributed by atoms with van der Waals surface area (Å²) in [4.78, 5) is 25.3. The lowest BCUT2D eigenvalue weighted by Crippen LogP contribution is -2.16. The maximum Gasteiger partial charge on any atom is 0.255 e. The number of methoxy groups -OCH3 is 1. The Kier molecular flexibility index (Phi) is 5.98. The highest BCUT2D eigenvalue weighted by Crippen LogP contribution is 2.26. The molecule has 0 fully saturated rings. The number of ether oxygens (including phenoxy) is 1. The number of carbonyl (C=O) groups is 2. The molecule has 0 radical (unpaired) electrons. The number of rotatable bonds is 5. The Bertz CT molecular complexity index is 1070. The van der Waals surface area contributed by atoms with Gasteiger partial charge in [-0.15, -0.1) is 0 Å². The van der Waals surface area contributed by atoms with Gasteiger partial charge in [-0.2, -0.15) is 0 Å². The lowest BCUT2D eigenvalue weighted by atomic mass is 10.1. The smallest absolute Gasteiger partial charge is 0.255 e. The van der Waals surface area contributed by atoms with E-state index in [-0.39, 0.29) is 11.8 Å². The van der Waals surface area contributed by atoms with Crippen LogP contribution in [-0.2, 0) is 0 Å². The minimum atomic E-state index is -0.310. The summed E-state index contributed by atoms with van der Waals surface area (Å²) in [7, 11) is 1.55. The van der Waals surface area contributed by atoms with E-state index in [2.05, 4.69) is 10.6 Å². The number of aryl methyl sites for hydroxylation is 3. The molecule has 148 valence electrons. The van der Waals surface area contributed by atoms with Crippen molar-refractivity contribution in [1.29, 1.82) is 0 Å². The molecule has 0 heterocycles. The molecule has 0 aliphatic rings. The van der Waals surface area contributed by atoms with Gasteiger partial charge in [0.2, 0.25) is 0 Å². The van der Waals surface area contributed by atoms with E-state index in [1.165, 1.54) is 0 Å². The number of hydrogen-bond donors (Lipinski definition) is 2. The monoisotopic (exact) mass is 388 g/mol. The molecule has 0 aliphatic carbocycles. The summed E-state index contributed by atoms with van der Waals surface area (Å²) in [6.07, 6.45) is 0. The Hall–Kier alpha value is -3.60. The van der Waals surface area contributed by atoms with E-state index < -0.39 is 0 Å². The van der Waals surface area contributed by atoms with Gasteiger partial charge in [0.1, 0.15) is 5.75 Å². The quantitative estimate of drug-likeness (QED) is 0.637. The molecule has 0 aromatic heterocycles. The molecule has 0 saturated carbocycles. The molecule has 5 nitrogen and oxygen atoms in total. The number of anilines is 2. The largest absolute Gasteiger partial charge is 0.495 e. The first-order valence-electron chi connectivity index (χ1n) is 9.32. The van der Waals surface area contributed by atoms with Crippen LogP contribution < -0.4 is 15.4 Å². The normalized spacial score (nSPS) is 10.3. The Labute approximate surface area is 170 Å². The van der Waals surface area contributed by atoms with Crippen LogP contribution in [0.4, 0.5) is 11.4 Å². The second-order valence-corrected chi connectivity index (χ2v) is 6.99. The van der Waals surface area contributed by atoms with Crippen LogP contribution in [0.2, 0.25) is 0 Å². The molecule has 0 aliphatic heterocycles. The van der Waals surface area contributed by atoms with Gasteiger partial charge in [0, 0.05) is 16.8 Å². The second kappa shape index (κ2) is 8.61. The highest BCUT2D eigenvalue weighted by atomic mass is 16.5. The zero-order valence-corrected chi connectivity index (χ0v) is 17.0. The Morgan fingerprint density at radius 2 is 1.45 bits per heavy atom. The topological polar surface area (TPSA) is 67.4 Å². The molecular weight excluding hydrogens is 364 g/mol. The molecule has 3 rings (SSSR count). The van der Waals surface area contributed by atoms with Crippen LogP contribution >= 0.6 is 0 Å². The van der Waals surface area contributed by atoms with Crippen molar-refractivity contribution < 1.29 is 14.3 Å². The van der Waals surface area contributed by atoms with Crippen molar-refractivity contribution in [2.45, 2.75) is 20.8 Å². The molecule has 0 saturated heterocycles. The van der Waals surface area contributed by atoms with Crippen molar-refractivity contribution in [3.63, 3.8) is 0 Å². The SMILES string of the molecule is COc1ccc(C)cc1NC(=O)c1cccc(C(=O)Nc2ccc(C)c(C)c2)c1. The van der Waals surface area contributed by atoms with Gasteiger partial charge in [0.15, 0.2) is 0 Å². The number of benzene rings is 3. The molecule has 5 heteroatoms. The number of nitrogens with one attached hydrogen (secondary N) is 2. The summed E-state index contributed by atoms with van der Waals surface area (Å²) in [5.41, 5.74) is 5.37. The maximum absolute atomic E-state index is 12.7. The molecule has 2 N–H and O–H groups in total. The second-order valence-electron chi connectivity index (χ2n) is 6.99. The van der Waals surface area contributed by atoms with Crippen molar-refractivity contribution in [2.24, 2.45) is 0 Å². The molecule has 2 amide bonds. The first-order valence-corrected chi connectivity index (χ1v) is 9.32. The zero-order chi connectivity index (χ0) is 21.0. The molecule has 3 aromatic carbocycles. The highest BCUT2D eigenvalue weighted by molar-refractivity contribution is 6.09. The van der Waals surface area contributed by atoms with Crippen molar-refractivity contribution in [3.8, 4) is 5.75 Å². The van der Waals surface area contributed by atoms with Crippen LogP contribution in [0.5, 0.6) is 5.75 Å². The molecule has 3 aromatic rings. The first-order chi connectivity index (χ1) is 13.9. The molecule has 0 unspecified atom stereocenters. The Balaban J connectivity index is 1.78. The van der Waals surface area contributed by atoms with Gasteiger partial charge in [-0.25, -0.2) is 0 Å². The molecular formula is C24H24N2O3. The van der Waals surface area contributed by atoms with Crippen LogP contribution in [0.25, 0.3) is 0 Å². The lowest BCUT2D eigenvalue weighted by Gasteiger charge is -2.12. The summed E-state index contributed by atoms with van der Waals surface area (Å²) in [5, 5.41) is 5.73. The predicted molar refractivity (Wildman–Crippen MR) is 116 cm³/mol. The average molecular weight is 388 g/mol. The molecule has 0 spiro atoms. The summed E-state index contributed by atoms with van der Waals surface area (Å²) in [6.45, 7) is 5.95. The van der Waals surface area contributed by atoms with Gasteiger partial charge in [-0.05, 0) is 79.9 Å². The van der Waals surface area contributed by atoms with Crippen molar-refractivity contribution in [1.82, 2.24) is 0 Å². The van der Waals surface area contributed by atoms with E-state index in [9.17, 15) is 9.59 Å². The Morgan fingerprint density at radius 3 is 2.10 bits per heavy atom. The van der Waals surface area contributed by atoms with Gasteiger partial charge in [-0.3, -0.25) is 9.59 Å². The highest BCUT2D eigenvalue weighted by Gasteiger charge is 2.13. The van der Waals surface area contributed by atoms with Crippen molar-refractivity contribution >= 4 is 23.2 Å². The minimum Gasteiger partial charge on any atom is -0.495 e. The van der Waals surface area contributed by atoms with E-state index >= 15 is 0 Å². The van der Waals surface area contributed by atoms with Gasteiger partial charge < -0.3 is 15.4 Å². The number of carbonyl (C=O) groups excluding carboxylic acids is 2. The van der Waals surface area contributed by atoms with Crippen LogP contribution in [0.1, 0.15) is 37.4 Å². The first kappa shape index (κ1) is 20.1. The summed E-state index contributed by atoms with van der Waals surface area (Å²) < 4.78 is 5.30. The summed E-state index contributed by atoms with van der Waals surface area (Å²) in [6, 6.07) is 17.9. The third-order valence-corrected chi connectivity index (χ3v) is 4.75. The fourth-order valence-corrected chi connectivity index (χ4v) is 2.94. The molecule has 29 heavy (non-hydrogen) atoms. The fraction of sp³-hybridized carbons (Fsp3) is 0.167. The summed E-state index contributed by atoms with van der Waals surface area (Å²) in [5.74, 6) is -0.00152. The lowest BCUT2D eigenvalue weighted by molar-refractivity contribution is 0.102. The van der Waals surface area contributed by atoms with Crippen LogP contribution in [0.3, 0.4) is 0 Å². The van der Waals surface area contributed by atoms with E-state index in [1.807, 2.05) is 51.1 Å². The van der Waals surface area contributed by atoms with Gasteiger partial charge >= 0.3 is 0 Å². The van der Waals surface area contributed by atoms with E-state index in [0.717, 1.165) is 22.4 Å². The third-order valence-electron chi connectivity index (χ3n) is 4.75. The van der Waals surface area contributed by atoms with Crippen LogP contribution in [-0.4, -0.2) is 18.9 Å². The average Bonchev–Trinajstić information content (AvgIpc) is 2.71. The summed E-state index contributed by atoms with van der Waals surface area (Å²) >= 11 is 0. The van der Waals surface area contributed by atoms with Crippen LogP contribution in [0.15, 0.2) is 60.7 Å². The minimum absolute atomic E-state index is 0.268. The zero-order valence-electron chi connectivity index (χ0n) is 17.0. The van der Waals surface area contributed by atoms with Gasteiger partial charge in [0.05, 0.1) is 12.8 Å². The maximum atomic E-state index is 12.7. The van der Waals surface area contributed by atoms with Gasteiger partial charge in [-0.1, -0.05) is 18.2 Å². The predicted octanol–water partition coefficient (Wildman–Crippen LogP) is 5.13. The van der Waals surface area contributed by atoms with E-state index in [0.29, 0.717) is 22.6 Å². The van der Waals surface area contributed by atoms with Crippen molar-refractivity contribution in [2.75, 3.05) is 17.7 Å². The van der Waals surface area contributed by atoms with E-state index in [4.69, 9.17) is 4.74 Å². The molecule has 0 atom stereocenters. The Morgan fingerprint density at radius 1 is 0.759 bits per heavy atom. The van der Waals surface area contributed by atoms with Crippen molar-refractivity contribution in [3.05, 3.63) is 88.5 Å². The van der Waals surface area contributed by atoms with Crippen LogP contribution in [0, 0.1) is 20.8 Å². The standard InChI is InChI=1S/C24H24N2O3/c1-15-8-11-22(29-4)21(12-15)26-24(28)19-7-5-6-18(14-19)23(27)25-20-10-9-16(2)17(3)13-20/h5-14H,1-4H3,(H,25,27)(H,26,28). The third kappa shape index (κ3) is 4.82. The van der Waals surface area contributed by atoms with Gasteiger partial charge in [0.25, 0.3) is 11.8 Å². The molecule has 0 bridgehead atoms. The number of amides is 2. The van der Waals surface area contributed by atoms with E-state index in [1.54, 1.807) is 37.4 Å².